The van der Waals surface area contributed by atoms with Crippen molar-refractivity contribution in [1.29, 1.82) is 0 Å². The molecule has 98 valence electrons. The monoisotopic (exact) mass is 255 g/mol. The van der Waals surface area contributed by atoms with Crippen LogP contribution in [0.3, 0.4) is 0 Å². The average molecular weight is 255 g/mol. The zero-order valence-corrected chi connectivity index (χ0v) is 11.2. The van der Waals surface area contributed by atoms with Crippen LogP contribution < -0.4 is 5.73 Å². The molecule has 0 saturated carbocycles. The Hall–Kier alpha value is -2.14. The number of rotatable bonds is 3. The molecule has 19 heavy (non-hydrogen) atoms. The fraction of sp³-hybridized carbons (Fsp3) is 0.286. The Bertz CT molecular complexity index is 723. The zero-order chi connectivity index (χ0) is 13.4. The Morgan fingerprint density at radius 3 is 2.89 bits per heavy atom. The van der Waals surface area contributed by atoms with E-state index >= 15 is 0 Å². The van der Waals surface area contributed by atoms with Crippen molar-refractivity contribution in [1.82, 2.24) is 19.3 Å². The summed E-state index contributed by atoms with van der Waals surface area (Å²) in [6.45, 7) is 0.607. The molecule has 5 nitrogen and oxygen atoms in total. The minimum atomic E-state index is 0.607. The maximum absolute atomic E-state index is 5.65. The van der Waals surface area contributed by atoms with Crippen LogP contribution in [0.1, 0.15) is 5.69 Å². The van der Waals surface area contributed by atoms with Crippen molar-refractivity contribution >= 4 is 11.0 Å². The molecular formula is C14H17N5. The molecule has 2 N–H and O–H groups in total. The summed E-state index contributed by atoms with van der Waals surface area (Å²) < 4.78 is 3.85. The molecule has 0 amide bonds. The van der Waals surface area contributed by atoms with Gasteiger partial charge in [-0.3, -0.25) is 4.68 Å². The Kier molecular flexibility index (Phi) is 2.83. The molecular weight excluding hydrogens is 238 g/mol. The van der Waals surface area contributed by atoms with Crippen molar-refractivity contribution in [2.24, 2.45) is 19.8 Å². The van der Waals surface area contributed by atoms with Gasteiger partial charge in [-0.05, 0) is 24.2 Å². The summed E-state index contributed by atoms with van der Waals surface area (Å²) in [5.41, 5.74) is 11.1. The molecule has 0 aliphatic rings. The first-order valence-corrected chi connectivity index (χ1v) is 6.33. The first-order valence-electron chi connectivity index (χ1n) is 6.33. The third-order valence-corrected chi connectivity index (χ3v) is 3.32. The summed E-state index contributed by atoms with van der Waals surface area (Å²) >= 11 is 0. The van der Waals surface area contributed by atoms with Gasteiger partial charge >= 0.3 is 0 Å². The van der Waals surface area contributed by atoms with E-state index in [0.29, 0.717) is 6.54 Å². The molecule has 5 heteroatoms. The van der Waals surface area contributed by atoms with Crippen molar-refractivity contribution in [3.63, 3.8) is 0 Å². The summed E-state index contributed by atoms with van der Waals surface area (Å²) in [5.74, 6) is 0. The van der Waals surface area contributed by atoms with Crippen LogP contribution in [0.2, 0.25) is 0 Å². The van der Waals surface area contributed by atoms with E-state index < -0.39 is 0 Å². The standard InChI is InChI=1S/C14H17N5/c1-18-9-16-13-7-10(3-4-14(13)18)11-8-19(2)17-12(11)5-6-15/h3-4,7-9H,5-6,15H2,1-2H3. The highest BCUT2D eigenvalue weighted by atomic mass is 15.2. The summed E-state index contributed by atoms with van der Waals surface area (Å²) in [6, 6.07) is 6.31. The van der Waals surface area contributed by atoms with Gasteiger partial charge in [-0.25, -0.2) is 4.98 Å². The third-order valence-electron chi connectivity index (χ3n) is 3.32. The molecule has 0 fully saturated rings. The van der Waals surface area contributed by atoms with Gasteiger partial charge < -0.3 is 10.3 Å². The van der Waals surface area contributed by atoms with Gasteiger partial charge in [-0.2, -0.15) is 5.10 Å². The molecule has 0 aliphatic carbocycles. The first-order chi connectivity index (χ1) is 9.19. The van der Waals surface area contributed by atoms with Crippen molar-refractivity contribution < 1.29 is 0 Å². The van der Waals surface area contributed by atoms with Crippen LogP contribution >= 0.6 is 0 Å². The van der Waals surface area contributed by atoms with Crippen molar-refractivity contribution in [2.75, 3.05) is 6.54 Å². The number of imidazole rings is 1. The average Bonchev–Trinajstić information content (AvgIpc) is 2.94. The molecule has 0 bridgehead atoms. The molecule has 0 saturated heterocycles. The van der Waals surface area contributed by atoms with Crippen LogP contribution in [0.4, 0.5) is 0 Å². The Balaban J connectivity index is 2.13. The van der Waals surface area contributed by atoms with Crippen LogP contribution in [-0.4, -0.2) is 25.9 Å². The van der Waals surface area contributed by atoms with Crippen LogP contribution in [-0.2, 0) is 20.5 Å². The molecule has 0 atom stereocenters. The molecule has 0 aliphatic heterocycles. The van der Waals surface area contributed by atoms with Crippen molar-refractivity contribution in [3.05, 3.63) is 36.4 Å². The Morgan fingerprint density at radius 1 is 1.26 bits per heavy atom. The largest absolute Gasteiger partial charge is 0.334 e. The molecule has 0 unspecified atom stereocenters. The van der Waals surface area contributed by atoms with Gasteiger partial charge in [0.15, 0.2) is 0 Å². The van der Waals surface area contributed by atoms with Crippen molar-refractivity contribution in [2.45, 2.75) is 6.42 Å². The van der Waals surface area contributed by atoms with E-state index in [9.17, 15) is 0 Å². The van der Waals surface area contributed by atoms with E-state index in [4.69, 9.17) is 5.73 Å². The highest BCUT2D eigenvalue weighted by Gasteiger charge is 2.10. The number of benzene rings is 1. The second-order valence-electron chi connectivity index (χ2n) is 4.76. The summed E-state index contributed by atoms with van der Waals surface area (Å²) in [6.07, 6.45) is 4.66. The molecule has 3 rings (SSSR count). The zero-order valence-electron chi connectivity index (χ0n) is 11.2. The molecule has 3 aromatic rings. The van der Waals surface area contributed by atoms with Gasteiger partial charge in [-0.15, -0.1) is 0 Å². The summed E-state index contributed by atoms with van der Waals surface area (Å²) in [4.78, 5) is 4.40. The number of hydrogen-bond acceptors (Lipinski definition) is 3. The van der Waals surface area contributed by atoms with E-state index in [2.05, 4.69) is 28.3 Å². The number of nitrogens with zero attached hydrogens (tertiary/aromatic N) is 4. The van der Waals surface area contributed by atoms with E-state index in [1.165, 1.54) is 0 Å². The third kappa shape index (κ3) is 2.02. The van der Waals surface area contributed by atoms with Crippen molar-refractivity contribution in [3.8, 4) is 11.1 Å². The van der Waals surface area contributed by atoms with Crippen LogP contribution in [0, 0.1) is 0 Å². The quantitative estimate of drug-likeness (QED) is 0.771. The lowest BCUT2D eigenvalue weighted by Gasteiger charge is -2.02. The number of hydrogen-bond donors (Lipinski definition) is 1. The van der Waals surface area contributed by atoms with E-state index in [-0.39, 0.29) is 0 Å². The van der Waals surface area contributed by atoms with E-state index in [1.807, 2.05) is 35.9 Å². The van der Waals surface area contributed by atoms with Gasteiger partial charge in [0.1, 0.15) is 0 Å². The Morgan fingerprint density at radius 2 is 2.11 bits per heavy atom. The highest BCUT2D eigenvalue weighted by Crippen LogP contribution is 2.26. The fourth-order valence-electron chi connectivity index (χ4n) is 2.40. The number of aromatic nitrogens is 4. The molecule has 2 heterocycles. The predicted octanol–water partition coefficient (Wildman–Crippen LogP) is 1.47. The molecule has 0 spiro atoms. The van der Waals surface area contributed by atoms with E-state index in [1.54, 1.807) is 0 Å². The Labute approximate surface area is 111 Å². The topological polar surface area (TPSA) is 61.7 Å². The summed E-state index contributed by atoms with van der Waals surface area (Å²) in [5, 5.41) is 4.47. The van der Waals surface area contributed by atoms with Gasteiger partial charge in [0.25, 0.3) is 0 Å². The number of nitrogens with two attached hydrogens (primary N) is 1. The maximum Gasteiger partial charge on any atom is 0.0955 e. The van der Waals surface area contributed by atoms with E-state index in [0.717, 1.165) is 34.3 Å². The van der Waals surface area contributed by atoms with Gasteiger partial charge in [0.05, 0.1) is 23.1 Å². The SMILES string of the molecule is Cn1cc(-c2ccc3c(c2)ncn3C)c(CCN)n1. The second-order valence-corrected chi connectivity index (χ2v) is 4.76. The lowest BCUT2D eigenvalue weighted by Crippen LogP contribution is -2.04. The normalized spacial score (nSPS) is 11.3. The second kappa shape index (κ2) is 4.51. The van der Waals surface area contributed by atoms with Crippen LogP contribution in [0.5, 0.6) is 0 Å². The molecule has 2 aromatic heterocycles. The van der Waals surface area contributed by atoms with Crippen LogP contribution in [0.25, 0.3) is 22.2 Å². The highest BCUT2D eigenvalue weighted by molar-refractivity contribution is 5.82. The molecule has 1 aromatic carbocycles. The van der Waals surface area contributed by atoms with Gasteiger partial charge in [0, 0.05) is 32.3 Å². The molecule has 0 radical (unpaired) electrons. The lowest BCUT2D eigenvalue weighted by molar-refractivity contribution is 0.739. The van der Waals surface area contributed by atoms with Gasteiger partial charge in [-0.1, -0.05) is 6.07 Å². The minimum Gasteiger partial charge on any atom is -0.334 e. The smallest absolute Gasteiger partial charge is 0.0955 e. The fourth-order valence-corrected chi connectivity index (χ4v) is 2.40. The number of aryl methyl sites for hydroxylation is 2. The minimum absolute atomic E-state index is 0.607. The summed E-state index contributed by atoms with van der Waals surface area (Å²) in [7, 11) is 3.93. The predicted molar refractivity (Wildman–Crippen MR) is 75.7 cm³/mol. The lowest BCUT2D eigenvalue weighted by atomic mass is 10.0. The number of fused-ring (bicyclic) bond motifs is 1. The van der Waals surface area contributed by atoms with Gasteiger partial charge in [0.2, 0.25) is 0 Å². The maximum atomic E-state index is 5.65. The van der Waals surface area contributed by atoms with Crippen LogP contribution in [0.15, 0.2) is 30.7 Å². The first kappa shape index (κ1) is 11.9.